The summed E-state index contributed by atoms with van der Waals surface area (Å²) in [4.78, 5) is 38.4. The summed E-state index contributed by atoms with van der Waals surface area (Å²) in [6.45, 7) is 1.76. The maximum Gasteiger partial charge on any atom is 0.539 e. The van der Waals surface area contributed by atoms with E-state index in [2.05, 4.69) is 4.84 Å². The number of amides is 2. The molecule has 0 bridgehead atoms. The van der Waals surface area contributed by atoms with Crippen molar-refractivity contribution >= 4 is 18.0 Å². The summed E-state index contributed by atoms with van der Waals surface area (Å²) in [5, 5.41) is 0.445. The molecule has 0 N–H and O–H groups in total. The Morgan fingerprint density at radius 2 is 1.78 bits per heavy atom. The van der Waals surface area contributed by atoms with Crippen LogP contribution in [0.15, 0.2) is 24.3 Å². The number of hydroxylamine groups is 2. The number of rotatable bonds is 2. The van der Waals surface area contributed by atoms with Crippen LogP contribution in [0.4, 0.5) is 4.79 Å². The third-order valence-corrected chi connectivity index (χ3v) is 2.46. The molecular weight excluding hydrogens is 238 g/mol. The summed E-state index contributed by atoms with van der Waals surface area (Å²) in [6, 6.07) is 6.84. The average Bonchev–Trinajstić information content (AvgIpc) is 2.64. The maximum absolute atomic E-state index is 11.4. The number of para-hydroxylation sites is 1. The number of hydrogen-bond donors (Lipinski definition) is 0. The van der Waals surface area contributed by atoms with E-state index < -0.39 is 18.0 Å². The fraction of sp³-hybridized carbons (Fsp3) is 0.250. The Morgan fingerprint density at radius 1 is 1.17 bits per heavy atom. The molecule has 1 aromatic rings. The van der Waals surface area contributed by atoms with E-state index in [9.17, 15) is 14.4 Å². The standard InChI is InChI=1S/C12H11NO5/c1-8-4-2-3-5-9(8)17-12(16)18-13-10(14)6-7-11(13)15/h2-5H,6-7H2,1H3. The number of carbonyl (C=O) groups is 3. The Morgan fingerprint density at radius 3 is 2.39 bits per heavy atom. The molecule has 0 aromatic heterocycles. The van der Waals surface area contributed by atoms with Crippen LogP contribution in [-0.4, -0.2) is 23.0 Å². The summed E-state index contributed by atoms with van der Waals surface area (Å²) in [7, 11) is 0. The molecule has 1 aromatic carbocycles. The molecule has 6 heteroatoms. The van der Waals surface area contributed by atoms with Gasteiger partial charge in [-0.2, -0.15) is 0 Å². The second kappa shape index (κ2) is 4.87. The first-order valence-electron chi connectivity index (χ1n) is 5.39. The lowest BCUT2D eigenvalue weighted by Gasteiger charge is -2.12. The van der Waals surface area contributed by atoms with Gasteiger partial charge in [0.25, 0.3) is 11.8 Å². The van der Waals surface area contributed by atoms with Crippen LogP contribution in [0.25, 0.3) is 0 Å². The van der Waals surface area contributed by atoms with Gasteiger partial charge in [-0.15, -0.1) is 0 Å². The van der Waals surface area contributed by atoms with Gasteiger partial charge in [-0.3, -0.25) is 14.4 Å². The molecule has 18 heavy (non-hydrogen) atoms. The predicted octanol–water partition coefficient (Wildman–Crippen LogP) is 1.57. The first kappa shape index (κ1) is 12.1. The van der Waals surface area contributed by atoms with Crippen LogP contribution >= 0.6 is 0 Å². The molecule has 6 nitrogen and oxygen atoms in total. The SMILES string of the molecule is Cc1ccccc1OC(=O)ON1C(=O)CCC1=O. The predicted molar refractivity (Wildman–Crippen MR) is 59.4 cm³/mol. The van der Waals surface area contributed by atoms with E-state index in [-0.39, 0.29) is 12.8 Å². The zero-order valence-corrected chi connectivity index (χ0v) is 9.71. The third kappa shape index (κ3) is 2.48. The number of benzene rings is 1. The second-order valence-electron chi connectivity index (χ2n) is 3.79. The highest BCUT2D eigenvalue weighted by Crippen LogP contribution is 2.18. The van der Waals surface area contributed by atoms with Crippen LogP contribution in [0.1, 0.15) is 18.4 Å². The van der Waals surface area contributed by atoms with Crippen LogP contribution in [0.3, 0.4) is 0 Å². The molecule has 0 unspecified atom stereocenters. The highest BCUT2D eigenvalue weighted by Gasteiger charge is 2.33. The van der Waals surface area contributed by atoms with Crippen molar-refractivity contribution in [1.82, 2.24) is 5.06 Å². The van der Waals surface area contributed by atoms with Gasteiger partial charge in [-0.1, -0.05) is 23.3 Å². The Hall–Kier alpha value is -2.37. The zero-order chi connectivity index (χ0) is 13.1. The van der Waals surface area contributed by atoms with Gasteiger partial charge >= 0.3 is 6.16 Å². The summed E-state index contributed by atoms with van der Waals surface area (Å²) in [5.74, 6) is -0.759. The number of nitrogens with zero attached hydrogens (tertiary/aromatic N) is 1. The van der Waals surface area contributed by atoms with E-state index in [1.807, 2.05) is 0 Å². The largest absolute Gasteiger partial charge is 0.539 e. The average molecular weight is 249 g/mol. The fourth-order valence-electron chi connectivity index (χ4n) is 1.51. The maximum atomic E-state index is 11.4. The Bertz CT molecular complexity index is 495. The highest BCUT2D eigenvalue weighted by molar-refractivity contribution is 6.01. The quantitative estimate of drug-likeness (QED) is 0.452. The van der Waals surface area contributed by atoms with E-state index in [0.717, 1.165) is 5.56 Å². The Labute approximate surface area is 103 Å². The normalized spacial score (nSPS) is 14.8. The molecule has 0 saturated carbocycles. The third-order valence-electron chi connectivity index (χ3n) is 2.46. The lowest BCUT2D eigenvalue weighted by atomic mass is 10.2. The number of aryl methyl sites for hydroxylation is 1. The van der Waals surface area contributed by atoms with Gasteiger partial charge in [-0.05, 0) is 18.6 Å². The van der Waals surface area contributed by atoms with Crippen LogP contribution in [-0.2, 0) is 14.4 Å². The van der Waals surface area contributed by atoms with Crippen molar-refractivity contribution in [2.75, 3.05) is 0 Å². The number of hydrogen-bond acceptors (Lipinski definition) is 5. The molecule has 1 fully saturated rings. The molecule has 0 aliphatic carbocycles. The van der Waals surface area contributed by atoms with Crippen molar-refractivity contribution in [3.63, 3.8) is 0 Å². The van der Waals surface area contributed by atoms with Gasteiger partial charge in [0.1, 0.15) is 5.75 Å². The molecule has 2 amide bonds. The van der Waals surface area contributed by atoms with Gasteiger partial charge in [0.2, 0.25) is 0 Å². The van der Waals surface area contributed by atoms with Gasteiger partial charge in [0.15, 0.2) is 0 Å². The summed E-state index contributed by atoms with van der Waals surface area (Å²) < 4.78 is 4.90. The number of imide groups is 1. The molecule has 2 rings (SSSR count). The summed E-state index contributed by atoms with van der Waals surface area (Å²) in [5.41, 5.74) is 0.744. The monoisotopic (exact) mass is 249 g/mol. The minimum atomic E-state index is -1.10. The van der Waals surface area contributed by atoms with E-state index in [0.29, 0.717) is 10.8 Å². The van der Waals surface area contributed by atoms with Crippen molar-refractivity contribution in [2.45, 2.75) is 19.8 Å². The lowest BCUT2D eigenvalue weighted by molar-refractivity contribution is -0.174. The molecule has 1 aliphatic rings. The molecule has 1 saturated heterocycles. The van der Waals surface area contributed by atoms with Crippen molar-refractivity contribution < 1.29 is 24.0 Å². The second-order valence-corrected chi connectivity index (χ2v) is 3.79. The minimum absolute atomic E-state index is 0.0521. The lowest BCUT2D eigenvalue weighted by Crippen LogP contribution is -2.33. The minimum Gasteiger partial charge on any atom is -0.393 e. The van der Waals surface area contributed by atoms with Crippen LogP contribution in [0.5, 0.6) is 5.75 Å². The fourth-order valence-corrected chi connectivity index (χ4v) is 1.51. The van der Waals surface area contributed by atoms with Gasteiger partial charge in [0.05, 0.1) is 0 Å². The van der Waals surface area contributed by atoms with Gasteiger partial charge in [0, 0.05) is 12.8 Å². The van der Waals surface area contributed by atoms with Gasteiger partial charge in [-0.25, -0.2) is 4.79 Å². The zero-order valence-electron chi connectivity index (χ0n) is 9.71. The summed E-state index contributed by atoms with van der Waals surface area (Å²) in [6.07, 6.45) is -1.000. The first-order chi connectivity index (χ1) is 8.58. The van der Waals surface area contributed by atoms with Crippen molar-refractivity contribution in [3.8, 4) is 5.75 Å². The molecule has 0 spiro atoms. The Kier molecular flexibility index (Phi) is 3.27. The van der Waals surface area contributed by atoms with Crippen molar-refractivity contribution in [3.05, 3.63) is 29.8 Å². The smallest absolute Gasteiger partial charge is 0.393 e. The molecule has 1 heterocycles. The van der Waals surface area contributed by atoms with Crippen molar-refractivity contribution in [2.24, 2.45) is 0 Å². The molecule has 0 radical (unpaired) electrons. The van der Waals surface area contributed by atoms with Crippen LogP contribution in [0.2, 0.25) is 0 Å². The number of carbonyl (C=O) groups excluding carboxylic acids is 3. The van der Waals surface area contributed by atoms with Crippen LogP contribution < -0.4 is 4.74 Å². The molecule has 1 aliphatic heterocycles. The topological polar surface area (TPSA) is 72.9 Å². The van der Waals surface area contributed by atoms with E-state index >= 15 is 0 Å². The summed E-state index contributed by atoms with van der Waals surface area (Å²) >= 11 is 0. The van der Waals surface area contributed by atoms with E-state index in [1.54, 1.807) is 31.2 Å². The Balaban J connectivity index is 1.99. The van der Waals surface area contributed by atoms with E-state index in [4.69, 9.17) is 4.74 Å². The number of ether oxygens (including phenoxy) is 1. The highest BCUT2D eigenvalue weighted by atomic mass is 16.8. The first-order valence-corrected chi connectivity index (χ1v) is 5.39. The van der Waals surface area contributed by atoms with E-state index in [1.165, 1.54) is 0 Å². The van der Waals surface area contributed by atoms with Crippen LogP contribution in [0, 0.1) is 6.92 Å². The molecule has 94 valence electrons. The van der Waals surface area contributed by atoms with Gasteiger partial charge < -0.3 is 4.74 Å². The molecule has 0 atom stereocenters. The molecular formula is C12H11NO5. The van der Waals surface area contributed by atoms with Crippen molar-refractivity contribution in [1.29, 1.82) is 0 Å².